The number of aromatic nitrogens is 2. The predicted octanol–water partition coefficient (Wildman–Crippen LogP) is 3.67. The van der Waals surface area contributed by atoms with E-state index in [1.54, 1.807) is 6.26 Å². The van der Waals surface area contributed by atoms with Crippen LogP contribution in [0.4, 0.5) is 0 Å². The van der Waals surface area contributed by atoms with Crippen molar-refractivity contribution in [1.29, 1.82) is 0 Å². The average molecular weight is 358 g/mol. The van der Waals surface area contributed by atoms with Crippen LogP contribution in [0.1, 0.15) is 63.4 Å². The Morgan fingerprint density at radius 1 is 1.38 bits per heavy atom. The van der Waals surface area contributed by atoms with E-state index >= 15 is 0 Å². The predicted molar refractivity (Wildman–Crippen MR) is 104 cm³/mol. The van der Waals surface area contributed by atoms with Crippen molar-refractivity contribution in [2.24, 2.45) is 4.99 Å². The molecule has 1 unspecified atom stereocenters. The van der Waals surface area contributed by atoms with Crippen LogP contribution in [0.25, 0.3) is 0 Å². The SMILES string of the molecule is CCC(C)NC(=NCc1ccn(C2CCCC2)n1)NCCc1ccco1. The highest BCUT2D eigenvalue weighted by Gasteiger charge is 2.17. The van der Waals surface area contributed by atoms with E-state index in [0.717, 1.165) is 36.8 Å². The Labute approximate surface area is 156 Å². The van der Waals surface area contributed by atoms with Crippen LogP contribution < -0.4 is 10.6 Å². The smallest absolute Gasteiger partial charge is 0.191 e. The van der Waals surface area contributed by atoms with Gasteiger partial charge in [-0.1, -0.05) is 19.8 Å². The van der Waals surface area contributed by atoms with Crippen LogP contribution in [0.3, 0.4) is 0 Å². The van der Waals surface area contributed by atoms with E-state index in [2.05, 4.69) is 41.4 Å². The maximum atomic E-state index is 5.39. The Bertz CT molecular complexity index is 670. The number of aliphatic imine (C=N–C) groups is 1. The van der Waals surface area contributed by atoms with Gasteiger partial charge in [0, 0.05) is 25.2 Å². The van der Waals surface area contributed by atoms with Crippen molar-refractivity contribution >= 4 is 5.96 Å². The van der Waals surface area contributed by atoms with E-state index in [1.807, 2.05) is 12.1 Å². The molecule has 26 heavy (non-hydrogen) atoms. The van der Waals surface area contributed by atoms with Crippen LogP contribution in [0.2, 0.25) is 0 Å². The fraction of sp³-hybridized carbons (Fsp3) is 0.600. The van der Waals surface area contributed by atoms with Crippen molar-refractivity contribution in [3.05, 3.63) is 42.1 Å². The van der Waals surface area contributed by atoms with Crippen LogP contribution in [-0.4, -0.2) is 28.3 Å². The molecule has 1 fully saturated rings. The summed E-state index contributed by atoms with van der Waals surface area (Å²) in [5, 5.41) is 11.6. The lowest BCUT2D eigenvalue weighted by molar-refractivity contribution is 0.463. The molecule has 0 saturated heterocycles. The first-order valence-corrected chi connectivity index (χ1v) is 9.86. The van der Waals surface area contributed by atoms with Crippen LogP contribution in [0.5, 0.6) is 0 Å². The largest absolute Gasteiger partial charge is 0.469 e. The molecule has 0 radical (unpaired) electrons. The number of nitrogens with one attached hydrogen (secondary N) is 2. The molecule has 2 aromatic rings. The van der Waals surface area contributed by atoms with Gasteiger partial charge in [-0.3, -0.25) is 4.68 Å². The second-order valence-corrected chi connectivity index (χ2v) is 7.10. The summed E-state index contributed by atoms with van der Waals surface area (Å²) in [7, 11) is 0. The molecule has 1 saturated carbocycles. The molecule has 0 aliphatic heterocycles. The molecule has 2 N–H and O–H groups in total. The fourth-order valence-corrected chi connectivity index (χ4v) is 3.24. The van der Waals surface area contributed by atoms with E-state index in [4.69, 9.17) is 14.5 Å². The summed E-state index contributed by atoms with van der Waals surface area (Å²) in [6, 6.07) is 6.96. The maximum Gasteiger partial charge on any atom is 0.191 e. The molecule has 1 aliphatic rings. The van der Waals surface area contributed by atoms with Gasteiger partial charge in [-0.15, -0.1) is 0 Å². The van der Waals surface area contributed by atoms with Crippen LogP contribution in [-0.2, 0) is 13.0 Å². The molecule has 0 amide bonds. The van der Waals surface area contributed by atoms with Gasteiger partial charge in [-0.05, 0) is 44.4 Å². The molecule has 0 spiro atoms. The van der Waals surface area contributed by atoms with Gasteiger partial charge in [-0.25, -0.2) is 4.99 Å². The zero-order chi connectivity index (χ0) is 18.2. The Hall–Kier alpha value is -2.24. The minimum absolute atomic E-state index is 0.376. The lowest BCUT2D eigenvalue weighted by atomic mass is 10.3. The zero-order valence-corrected chi connectivity index (χ0v) is 15.9. The van der Waals surface area contributed by atoms with Gasteiger partial charge in [0.2, 0.25) is 0 Å². The summed E-state index contributed by atoms with van der Waals surface area (Å²) < 4.78 is 7.51. The monoisotopic (exact) mass is 357 g/mol. The minimum atomic E-state index is 0.376. The molecule has 1 atom stereocenters. The fourth-order valence-electron chi connectivity index (χ4n) is 3.24. The molecule has 1 aliphatic carbocycles. The van der Waals surface area contributed by atoms with E-state index in [-0.39, 0.29) is 0 Å². The highest BCUT2D eigenvalue weighted by molar-refractivity contribution is 5.80. The second-order valence-electron chi connectivity index (χ2n) is 7.10. The highest BCUT2D eigenvalue weighted by atomic mass is 16.3. The summed E-state index contributed by atoms with van der Waals surface area (Å²) in [5.74, 6) is 1.82. The summed E-state index contributed by atoms with van der Waals surface area (Å²) in [6.07, 6.45) is 10.8. The van der Waals surface area contributed by atoms with E-state index in [0.29, 0.717) is 18.6 Å². The first-order valence-electron chi connectivity index (χ1n) is 9.86. The van der Waals surface area contributed by atoms with Crippen LogP contribution in [0, 0.1) is 0 Å². The van der Waals surface area contributed by atoms with Crippen molar-refractivity contribution < 1.29 is 4.42 Å². The molecule has 0 bridgehead atoms. The third-order valence-corrected chi connectivity index (χ3v) is 5.00. The quantitative estimate of drug-likeness (QED) is 0.559. The van der Waals surface area contributed by atoms with Crippen molar-refractivity contribution in [2.75, 3.05) is 6.54 Å². The molecule has 6 nitrogen and oxygen atoms in total. The van der Waals surface area contributed by atoms with Gasteiger partial charge in [0.1, 0.15) is 5.76 Å². The van der Waals surface area contributed by atoms with Gasteiger partial charge < -0.3 is 15.1 Å². The lowest BCUT2D eigenvalue weighted by Gasteiger charge is -2.16. The Kier molecular flexibility index (Phi) is 6.75. The van der Waals surface area contributed by atoms with Crippen molar-refractivity contribution in [2.45, 2.75) is 71.0 Å². The molecule has 2 aromatic heterocycles. The van der Waals surface area contributed by atoms with Gasteiger partial charge >= 0.3 is 0 Å². The highest BCUT2D eigenvalue weighted by Crippen LogP contribution is 2.28. The molecule has 142 valence electrons. The Balaban J connectivity index is 1.55. The third-order valence-electron chi connectivity index (χ3n) is 5.00. The van der Waals surface area contributed by atoms with Crippen molar-refractivity contribution in [1.82, 2.24) is 20.4 Å². The number of nitrogens with zero attached hydrogens (tertiary/aromatic N) is 3. The van der Waals surface area contributed by atoms with Crippen LogP contribution in [0.15, 0.2) is 40.1 Å². The van der Waals surface area contributed by atoms with Gasteiger partial charge in [0.05, 0.1) is 24.5 Å². The van der Waals surface area contributed by atoms with E-state index in [9.17, 15) is 0 Å². The summed E-state index contributed by atoms with van der Waals surface area (Å²) >= 11 is 0. The van der Waals surface area contributed by atoms with E-state index < -0.39 is 0 Å². The number of rotatable bonds is 8. The van der Waals surface area contributed by atoms with Gasteiger partial charge in [-0.2, -0.15) is 5.10 Å². The molecular formula is C20H31N5O. The second kappa shape index (κ2) is 9.46. The number of furan rings is 1. The zero-order valence-electron chi connectivity index (χ0n) is 15.9. The van der Waals surface area contributed by atoms with Crippen LogP contribution >= 0.6 is 0 Å². The van der Waals surface area contributed by atoms with Crippen molar-refractivity contribution in [3.8, 4) is 0 Å². The van der Waals surface area contributed by atoms with Crippen molar-refractivity contribution in [3.63, 3.8) is 0 Å². The number of guanidine groups is 1. The van der Waals surface area contributed by atoms with E-state index in [1.165, 1.54) is 25.7 Å². The molecule has 2 heterocycles. The van der Waals surface area contributed by atoms with Gasteiger partial charge in [0.15, 0.2) is 5.96 Å². The first-order chi connectivity index (χ1) is 12.7. The molecule has 6 heteroatoms. The molecule has 3 rings (SSSR count). The average Bonchev–Trinajstić information content (AvgIpc) is 3.41. The summed E-state index contributed by atoms with van der Waals surface area (Å²) in [4.78, 5) is 4.73. The topological polar surface area (TPSA) is 67.4 Å². The normalized spacial score (nSPS) is 16.8. The molecule has 0 aromatic carbocycles. The minimum Gasteiger partial charge on any atom is -0.469 e. The lowest BCUT2D eigenvalue weighted by Crippen LogP contribution is -2.42. The Morgan fingerprint density at radius 3 is 2.96 bits per heavy atom. The first kappa shape index (κ1) is 18.5. The maximum absolute atomic E-state index is 5.39. The molecular weight excluding hydrogens is 326 g/mol. The third kappa shape index (κ3) is 5.38. The standard InChI is InChI=1S/C20H31N5O/c1-3-16(2)23-20(21-12-10-19-9-6-14-26-19)22-15-17-11-13-25(24-17)18-7-4-5-8-18/h6,9,11,13-14,16,18H,3-5,7-8,10,12,15H2,1-2H3,(H2,21,22,23). The Morgan fingerprint density at radius 2 is 2.23 bits per heavy atom. The summed E-state index contributed by atoms with van der Waals surface area (Å²) in [5.41, 5.74) is 1.02. The number of hydrogen-bond acceptors (Lipinski definition) is 3. The summed E-state index contributed by atoms with van der Waals surface area (Å²) in [6.45, 7) is 5.71. The van der Waals surface area contributed by atoms with Gasteiger partial charge in [0.25, 0.3) is 0 Å². The number of hydrogen-bond donors (Lipinski definition) is 2.